The van der Waals surface area contributed by atoms with Crippen LogP contribution in [-0.2, 0) is 9.59 Å². The fourth-order valence-corrected chi connectivity index (χ4v) is 4.67. The van der Waals surface area contributed by atoms with Crippen molar-refractivity contribution >= 4 is 17.5 Å². The first-order valence-electron chi connectivity index (χ1n) is 12.2. The molecule has 0 saturated carbocycles. The number of likely N-dealkylation sites (N-methyl/N-ethyl adjacent to an activating group) is 1. The number of nitrogens with one attached hydrogen (secondary N) is 1. The van der Waals surface area contributed by atoms with Crippen molar-refractivity contribution in [2.45, 2.75) is 25.9 Å². The first-order valence-corrected chi connectivity index (χ1v) is 12.2. The Morgan fingerprint density at radius 1 is 1.00 bits per heavy atom. The van der Waals surface area contributed by atoms with Crippen molar-refractivity contribution in [2.24, 2.45) is 5.92 Å². The standard InChI is InChI=1S/C26H31N3O6/c1-2-29(14-20-16-32-21-5-3-4-6-23(21)35-20)25(30)15-28-11-9-18(10-12-28)26(31)27-19-7-8-22-24(13-19)34-17-33-22/h3-8,13,18,20H,2,9-12,14-17H2,1H3,(H,27,31)/t20-/m1/s1. The van der Waals surface area contributed by atoms with E-state index in [-0.39, 0.29) is 30.6 Å². The second kappa shape index (κ2) is 10.4. The highest BCUT2D eigenvalue weighted by atomic mass is 16.7. The summed E-state index contributed by atoms with van der Waals surface area (Å²) in [7, 11) is 0. The van der Waals surface area contributed by atoms with Gasteiger partial charge in [0.15, 0.2) is 29.1 Å². The van der Waals surface area contributed by atoms with Crippen LogP contribution in [0.5, 0.6) is 23.0 Å². The molecule has 186 valence electrons. The van der Waals surface area contributed by atoms with Gasteiger partial charge in [-0.2, -0.15) is 0 Å². The molecule has 3 heterocycles. The van der Waals surface area contributed by atoms with Crippen molar-refractivity contribution in [3.63, 3.8) is 0 Å². The maximum Gasteiger partial charge on any atom is 0.236 e. The zero-order chi connectivity index (χ0) is 24.2. The molecule has 3 aliphatic heterocycles. The van der Waals surface area contributed by atoms with Gasteiger partial charge in [-0.3, -0.25) is 14.5 Å². The van der Waals surface area contributed by atoms with Crippen LogP contribution in [0.3, 0.4) is 0 Å². The summed E-state index contributed by atoms with van der Waals surface area (Å²) >= 11 is 0. The van der Waals surface area contributed by atoms with Gasteiger partial charge in [0, 0.05) is 24.2 Å². The topological polar surface area (TPSA) is 89.6 Å². The molecule has 9 nitrogen and oxygen atoms in total. The number of fused-ring (bicyclic) bond motifs is 2. The van der Waals surface area contributed by atoms with Gasteiger partial charge in [-0.25, -0.2) is 0 Å². The lowest BCUT2D eigenvalue weighted by Crippen LogP contribution is -2.48. The summed E-state index contributed by atoms with van der Waals surface area (Å²) in [6.07, 6.45) is 1.23. The van der Waals surface area contributed by atoms with E-state index in [1.165, 1.54) is 0 Å². The van der Waals surface area contributed by atoms with Crippen molar-refractivity contribution in [1.82, 2.24) is 9.80 Å². The lowest BCUT2D eigenvalue weighted by molar-refractivity contribution is -0.134. The molecule has 0 radical (unpaired) electrons. The molecular formula is C26H31N3O6. The molecule has 0 bridgehead atoms. The molecule has 1 N–H and O–H groups in total. The molecule has 2 amide bonds. The quantitative estimate of drug-likeness (QED) is 0.651. The number of likely N-dealkylation sites (tertiary alicyclic amines) is 1. The first kappa shape index (κ1) is 23.3. The van der Waals surface area contributed by atoms with Crippen molar-refractivity contribution in [2.75, 3.05) is 51.4 Å². The molecule has 2 aromatic carbocycles. The second-order valence-electron chi connectivity index (χ2n) is 9.04. The predicted molar refractivity (Wildman–Crippen MR) is 129 cm³/mol. The normalized spacial score (nSPS) is 19.3. The van der Waals surface area contributed by atoms with E-state index in [9.17, 15) is 9.59 Å². The van der Waals surface area contributed by atoms with Crippen LogP contribution in [-0.4, -0.2) is 73.8 Å². The maximum atomic E-state index is 13.0. The molecule has 2 aromatic rings. The number of para-hydroxylation sites is 2. The highest BCUT2D eigenvalue weighted by Gasteiger charge is 2.29. The summed E-state index contributed by atoms with van der Waals surface area (Å²) in [4.78, 5) is 29.7. The van der Waals surface area contributed by atoms with Gasteiger partial charge in [0.25, 0.3) is 0 Å². The van der Waals surface area contributed by atoms with E-state index in [1.54, 1.807) is 12.1 Å². The van der Waals surface area contributed by atoms with Gasteiger partial charge in [-0.05, 0) is 57.1 Å². The highest BCUT2D eigenvalue weighted by Crippen LogP contribution is 2.34. The fraction of sp³-hybridized carbons (Fsp3) is 0.462. The summed E-state index contributed by atoms with van der Waals surface area (Å²) in [5, 5.41) is 2.98. The number of hydrogen-bond donors (Lipinski definition) is 1. The predicted octanol–water partition coefficient (Wildman–Crippen LogP) is 2.75. The molecule has 0 spiro atoms. The maximum absolute atomic E-state index is 13.0. The SMILES string of the molecule is CCN(C[C@@H]1COc2ccccc2O1)C(=O)CN1CCC(C(=O)Nc2ccc3c(c2)OCO3)CC1. The second-order valence-corrected chi connectivity index (χ2v) is 9.04. The van der Waals surface area contributed by atoms with Crippen LogP contribution in [0.1, 0.15) is 19.8 Å². The van der Waals surface area contributed by atoms with Gasteiger partial charge in [0.2, 0.25) is 18.6 Å². The number of amides is 2. The third kappa shape index (κ3) is 5.45. The minimum absolute atomic E-state index is 0.000227. The van der Waals surface area contributed by atoms with E-state index in [4.69, 9.17) is 18.9 Å². The van der Waals surface area contributed by atoms with Crippen molar-refractivity contribution in [1.29, 1.82) is 0 Å². The Morgan fingerprint density at radius 3 is 2.54 bits per heavy atom. The van der Waals surface area contributed by atoms with Gasteiger partial charge in [-0.15, -0.1) is 0 Å². The van der Waals surface area contributed by atoms with Gasteiger partial charge in [0.1, 0.15) is 6.61 Å². The zero-order valence-corrected chi connectivity index (χ0v) is 19.9. The summed E-state index contributed by atoms with van der Waals surface area (Å²) in [5.41, 5.74) is 0.701. The van der Waals surface area contributed by atoms with Gasteiger partial charge in [0.05, 0.1) is 13.1 Å². The molecule has 1 saturated heterocycles. The van der Waals surface area contributed by atoms with Crippen LogP contribution in [0, 0.1) is 5.92 Å². The Balaban J connectivity index is 1.07. The van der Waals surface area contributed by atoms with E-state index in [0.717, 1.165) is 5.75 Å². The minimum Gasteiger partial charge on any atom is -0.486 e. The zero-order valence-electron chi connectivity index (χ0n) is 19.9. The molecular weight excluding hydrogens is 450 g/mol. The van der Waals surface area contributed by atoms with Crippen molar-refractivity contribution in [3.8, 4) is 23.0 Å². The van der Waals surface area contributed by atoms with Crippen LogP contribution < -0.4 is 24.3 Å². The Labute approximate surface area is 204 Å². The van der Waals surface area contributed by atoms with Crippen LogP contribution in [0.15, 0.2) is 42.5 Å². The Kier molecular flexibility index (Phi) is 6.94. The van der Waals surface area contributed by atoms with Crippen LogP contribution in [0.2, 0.25) is 0 Å². The minimum atomic E-state index is -0.195. The van der Waals surface area contributed by atoms with Crippen molar-refractivity contribution in [3.05, 3.63) is 42.5 Å². The summed E-state index contributed by atoms with van der Waals surface area (Å²) in [6, 6.07) is 13.0. The molecule has 0 unspecified atom stereocenters. The average molecular weight is 482 g/mol. The number of piperidine rings is 1. The number of anilines is 1. The third-order valence-electron chi connectivity index (χ3n) is 6.68. The monoisotopic (exact) mass is 481 g/mol. The van der Waals surface area contributed by atoms with Gasteiger partial charge in [-0.1, -0.05) is 12.1 Å². The summed E-state index contributed by atoms with van der Waals surface area (Å²) < 4.78 is 22.5. The summed E-state index contributed by atoms with van der Waals surface area (Å²) in [5.74, 6) is 2.78. The number of nitrogens with zero attached hydrogens (tertiary/aromatic N) is 2. The fourth-order valence-electron chi connectivity index (χ4n) is 4.67. The third-order valence-corrected chi connectivity index (χ3v) is 6.68. The lowest BCUT2D eigenvalue weighted by Gasteiger charge is -2.34. The lowest BCUT2D eigenvalue weighted by atomic mass is 9.95. The molecule has 1 fully saturated rings. The number of benzene rings is 2. The number of carbonyl (C=O) groups is 2. The molecule has 35 heavy (non-hydrogen) atoms. The average Bonchev–Trinajstić information content (AvgIpc) is 3.35. The van der Waals surface area contributed by atoms with E-state index < -0.39 is 0 Å². The summed E-state index contributed by atoms with van der Waals surface area (Å²) in [6.45, 7) is 5.45. The molecule has 9 heteroatoms. The van der Waals surface area contributed by atoms with E-state index in [1.807, 2.05) is 42.2 Å². The van der Waals surface area contributed by atoms with Gasteiger partial charge >= 0.3 is 0 Å². The van der Waals surface area contributed by atoms with E-state index in [2.05, 4.69) is 10.2 Å². The molecule has 0 aromatic heterocycles. The molecule has 5 rings (SSSR count). The Morgan fingerprint density at radius 2 is 1.74 bits per heavy atom. The molecule has 0 aliphatic carbocycles. The number of rotatable bonds is 7. The molecule has 3 aliphatic rings. The number of ether oxygens (including phenoxy) is 4. The van der Waals surface area contributed by atoms with Gasteiger partial charge < -0.3 is 29.2 Å². The van der Waals surface area contributed by atoms with Crippen LogP contribution in [0.4, 0.5) is 5.69 Å². The number of hydrogen-bond acceptors (Lipinski definition) is 7. The van der Waals surface area contributed by atoms with E-state index >= 15 is 0 Å². The largest absolute Gasteiger partial charge is 0.486 e. The highest BCUT2D eigenvalue weighted by molar-refractivity contribution is 5.93. The molecule has 1 atom stereocenters. The Hall–Kier alpha value is -3.46. The first-order chi connectivity index (χ1) is 17.1. The Bertz CT molecular complexity index is 1070. The van der Waals surface area contributed by atoms with Crippen molar-refractivity contribution < 1.29 is 28.5 Å². The number of carbonyl (C=O) groups excluding carboxylic acids is 2. The van der Waals surface area contributed by atoms with Crippen LogP contribution >= 0.6 is 0 Å². The van der Waals surface area contributed by atoms with Crippen LogP contribution in [0.25, 0.3) is 0 Å². The smallest absolute Gasteiger partial charge is 0.236 e. The van der Waals surface area contributed by atoms with E-state index in [0.29, 0.717) is 75.1 Å².